The summed E-state index contributed by atoms with van der Waals surface area (Å²) in [6.07, 6.45) is 15.1. The number of rotatable bonds is 10. The van der Waals surface area contributed by atoms with E-state index in [1.54, 1.807) is 0 Å². The predicted molar refractivity (Wildman–Crippen MR) is 139 cm³/mol. The van der Waals surface area contributed by atoms with Gasteiger partial charge in [0.05, 0.1) is 19.3 Å². The Labute approximate surface area is 202 Å². The zero-order chi connectivity index (χ0) is 22.9. The van der Waals surface area contributed by atoms with Crippen LogP contribution < -0.4 is 0 Å². The average molecular weight is 449 g/mol. The van der Waals surface area contributed by atoms with Crippen molar-refractivity contribution in [1.82, 2.24) is 0 Å². The topological polar surface area (TPSA) is 18.5 Å². The quantitative estimate of drug-likeness (QED) is 0.338. The molecule has 0 spiro atoms. The van der Waals surface area contributed by atoms with E-state index < -0.39 is 0 Å². The van der Waals surface area contributed by atoms with Crippen molar-refractivity contribution in [2.24, 2.45) is 5.92 Å². The minimum absolute atomic E-state index is 0.0661. The lowest BCUT2D eigenvalue weighted by Gasteiger charge is -2.30. The lowest BCUT2D eigenvalue weighted by Crippen LogP contribution is -2.31. The molecule has 2 aromatic carbocycles. The molecule has 2 heteroatoms. The average Bonchev–Trinajstić information content (AvgIpc) is 2.89. The Hall–Kier alpha value is -1.64. The van der Waals surface area contributed by atoms with Gasteiger partial charge in [-0.2, -0.15) is 0 Å². The summed E-state index contributed by atoms with van der Waals surface area (Å²) in [5, 5.41) is 0. The van der Waals surface area contributed by atoms with Crippen molar-refractivity contribution in [1.29, 1.82) is 0 Å². The van der Waals surface area contributed by atoms with Gasteiger partial charge in [-0.3, -0.25) is 0 Å². The molecule has 33 heavy (non-hydrogen) atoms. The van der Waals surface area contributed by atoms with Gasteiger partial charge in [-0.1, -0.05) is 101 Å². The lowest BCUT2D eigenvalue weighted by atomic mass is 9.77. The highest BCUT2D eigenvalue weighted by molar-refractivity contribution is 5.64. The number of unbranched alkanes of at least 4 members (excludes halogenated alkanes) is 3. The molecule has 2 fully saturated rings. The first-order valence-corrected chi connectivity index (χ1v) is 13.7. The zero-order valence-corrected chi connectivity index (χ0v) is 20.9. The van der Waals surface area contributed by atoms with E-state index in [1.165, 1.54) is 86.5 Å². The molecule has 2 unspecified atom stereocenters. The van der Waals surface area contributed by atoms with E-state index in [2.05, 4.69) is 62.4 Å². The molecular weight excluding hydrogens is 404 g/mol. The van der Waals surface area contributed by atoms with Crippen LogP contribution in [0.3, 0.4) is 0 Å². The van der Waals surface area contributed by atoms with Crippen LogP contribution in [0.4, 0.5) is 0 Å². The lowest BCUT2D eigenvalue weighted by molar-refractivity contribution is -0.137. The third-order valence-corrected chi connectivity index (χ3v) is 7.91. The fourth-order valence-corrected chi connectivity index (χ4v) is 5.64. The molecule has 0 N–H and O–H groups in total. The van der Waals surface area contributed by atoms with Crippen molar-refractivity contribution >= 4 is 0 Å². The molecule has 0 aromatic heterocycles. The van der Waals surface area contributed by atoms with Crippen LogP contribution in [0.1, 0.15) is 108 Å². The van der Waals surface area contributed by atoms with Crippen LogP contribution in [0.25, 0.3) is 11.1 Å². The minimum Gasteiger partial charge on any atom is -0.373 e. The van der Waals surface area contributed by atoms with Gasteiger partial charge in [0.1, 0.15) is 6.10 Å². The standard InChI is InChI=1S/C31H44O2/c1-3-5-7-8-24-10-12-25(13-11-24)26-14-16-27(17-15-26)28-18-20-29(21-19-28)31-23-32-30(22-33-31)9-6-4-2/h14-21,24-25,30-31H,3-13,22-23H2,1-2H3. The van der Waals surface area contributed by atoms with Gasteiger partial charge in [0, 0.05) is 0 Å². The second-order valence-electron chi connectivity index (χ2n) is 10.4. The van der Waals surface area contributed by atoms with Crippen LogP contribution in [-0.4, -0.2) is 19.3 Å². The van der Waals surface area contributed by atoms with E-state index in [1.807, 2.05) is 0 Å². The van der Waals surface area contributed by atoms with Gasteiger partial charge in [0.2, 0.25) is 0 Å². The summed E-state index contributed by atoms with van der Waals surface area (Å²) >= 11 is 0. The summed E-state index contributed by atoms with van der Waals surface area (Å²) in [6, 6.07) is 18.3. The molecule has 1 aliphatic heterocycles. The largest absolute Gasteiger partial charge is 0.373 e. The molecular formula is C31H44O2. The van der Waals surface area contributed by atoms with Gasteiger partial charge in [-0.15, -0.1) is 0 Å². The molecule has 2 aromatic rings. The second-order valence-corrected chi connectivity index (χ2v) is 10.4. The van der Waals surface area contributed by atoms with Crippen LogP contribution >= 0.6 is 0 Å². The van der Waals surface area contributed by atoms with Gasteiger partial charge in [-0.25, -0.2) is 0 Å². The Bertz CT molecular complexity index is 794. The SMILES string of the molecule is CCCCCC1CCC(c2ccc(-c3ccc(C4COC(CCCC)CO4)cc3)cc2)CC1. The van der Waals surface area contributed by atoms with Crippen molar-refractivity contribution in [3.63, 3.8) is 0 Å². The molecule has 1 heterocycles. The number of benzene rings is 2. The Morgan fingerprint density at radius 3 is 1.85 bits per heavy atom. The van der Waals surface area contributed by atoms with Crippen molar-refractivity contribution in [3.8, 4) is 11.1 Å². The van der Waals surface area contributed by atoms with Crippen LogP contribution in [0, 0.1) is 5.92 Å². The fraction of sp³-hybridized carbons (Fsp3) is 0.613. The summed E-state index contributed by atoms with van der Waals surface area (Å²) in [4.78, 5) is 0. The molecule has 0 amide bonds. The highest BCUT2D eigenvalue weighted by Crippen LogP contribution is 2.38. The molecule has 1 saturated carbocycles. The fourth-order valence-electron chi connectivity index (χ4n) is 5.64. The van der Waals surface area contributed by atoms with Crippen molar-refractivity contribution in [2.75, 3.05) is 13.2 Å². The molecule has 2 atom stereocenters. The maximum absolute atomic E-state index is 6.11. The number of hydrogen-bond donors (Lipinski definition) is 0. The predicted octanol–water partition coefficient (Wildman–Crippen LogP) is 8.85. The van der Waals surface area contributed by atoms with Gasteiger partial charge in [0.25, 0.3) is 0 Å². The van der Waals surface area contributed by atoms with Gasteiger partial charge >= 0.3 is 0 Å². The van der Waals surface area contributed by atoms with Crippen LogP contribution in [0.2, 0.25) is 0 Å². The third-order valence-electron chi connectivity index (χ3n) is 7.91. The Morgan fingerprint density at radius 1 is 0.636 bits per heavy atom. The number of hydrogen-bond acceptors (Lipinski definition) is 2. The second kappa shape index (κ2) is 12.7. The molecule has 2 aliphatic rings. The summed E-state index contributed by atoms with van der Waals surface area (Å²) in [7, 11) is 0. The van der Waals surface area contributed by atoms with Gasteiger partial charge in [0.15, 0.2) is 0 Å². The van der Waals surface area contributed by atoms with Crippen molar-refractivity contribution < 1.29 is 9.47 Å². The molecule has 2 nitrogen and oxygen atoms in total. The van der Waals surface area contributed by atoms with E-state index in [0.717, 1.165) is 18.3 Å². The van der Waals surface area contributed by atoms with Crippen molar-refractivity contribution in [2.45, 2.75) is 103 Å². The van der Waals surface area contributed by atoms with Crippen LogP contribution in [0.15, 0.2) is 48.5 Å². The van der Waals surface area contributed by atoms with E-state index in [-0.39, 0.29) is 12.2 Å². The highest BCUT2D eigenvalue weighted by Gasteiger charge is 2.24. The summed E-state index contributed by atoms with van der Waals surface area (Å²) in [5.74, 6) is 1.74. The monoisotopic (exact) mass is 448 g/mol. The molecule has 4 rings (SSSR count). The Balaban J connectivity index is 1.27. The zero-order valence-electron chi connectivity index (χ0n) is 20.9. The van der Waals surface area contributed by atoms with Crippen molar-refractivity contribution in [3.05, 3.63) is 59.7 Å². The highest BCUT2D eigenvalue weighted by atomic mass is 16.6. The third kappa shape index (κ3) is 6.93. The number of ether oxygens (including phenoxy) is 2. The van der Waals surface area contributed by atoms with E-state index >= 15 is 0 Å². The Kier molecular flexibility index (Phi) is 9.44. The molecule has 180 valence electrons. The summed E-state index contributed by atoms with van der Waals surface area (Å²) in [6.45, 7) is 5.91. The molecule has 0 bridgehead atoms. The van der Waals surface area contributed by atoms with E-state index in [9.17, 15) is 0 Å². The van der Waals surface area contributed by atoms with Crippen LogP contribution in [-0.2, 0) is 9.47 Å². The maximum atomic E-state index is 6.11. The first-order chi connectivity index (χ1) is 16.3. The van der Waals surface area contributed by atoms with E-state index in [0.29, 0.717) is 13.2 Å². The normalized spacial score (nSPS) is 25.8. The molecule has 1 saturated heterocycles. The minimum atomic E-state index is 0.0661. The molecule has 0 radical (unpaired) electrons. The molecule has 1 aliphatic carbocycles. The maximum Gasteiger partial charge on any atom is 0.106 e. The summed E-state index contributed by atoms with van der Waals surface area (Å²) in [5.41, 5.74) is 5.34. The Morgan fingerprint density at radius 2 is 1.27 bits per heavy atom. The first kappa shape index (κ1) is 24.5. The van der Waals surface area contributed by atoms with E-state index in [4.69, 9.17) is 9.47 Å². The first-order valence-electron chi connectivity index (χ1n) is 13.7. The van der Waals surface area contributed by atoms with Gasteiger partial charge in [-0.05, 0) is 66.2 Å². The smallest absolute Gasteiger partial charge is 0.106 e. The van der Waals surface area contributed by atoms with Gasteiger partial charge < -0.3 is 9.47 Å². The summed E-state index contributed by atoms with van der Waals surface area (Å²) < 4.78 is 12.2. The van der Waals surface area contributed by atoms with Crippen LogP contribution in [0.5, 0.6) is 0 Å².